The van der Waals surface area contributed by atoms with Crippen LogP contribution in [0.3, 0.4) is 0 Å². The van der Waals surface area contributed by atoms with Gasteiger partial charge in [0.05, 0.1) is 18.1 Å². The number of fused-ring (bicyclic) bond motifs is 1. The molecular weight excluding hydrogens is 343 g/mol. The van der Waals surface area contributed by atoms with Crippen LogP contribution in [0.4, 0.5) is 15.9 Å². The van der Waals surface area contributed by atoms with Crippen molar-refractivity contribution in [1.29, 1.82) is 0 Å². The molecule has 3 aromatic rings. The van der Waals surface area contributed by atoms with Crippen molar-refractivity contribution >= 4 is 17.4 Å². The highest BCUT2D eigenvalue weighted by molar-refractivity contribution is 5.96. The highest BCUT2D eigenvalue weighted by Gasteiger charge is 2.23. The Hall–Kier alpha value is -3.28. The van der Waals surface area contributed by atoms with Crippen molar-refractivity contribution in [3.8, 4) is 11.3 Å². The average molecular weight is 362 g/mol. The van der Waals surface area contributed by atoms with Crippen LogP contribution in [0.2, 0.25) is 0 Å². The lowest BCUT2D eigenvalue weighted by Crippen LogP contribution is -2.31. The summed E-state index contributed by atoms with van der Waals surface area (Å²) in [7, 11) is 1.67. The smallest absolute Gasteiger partial charge is 0.227 e. The van der Waals surface area contributed by atoms with Crippen molar-refractivity contribution in [3.63, 3.8) is 0 Å². The van der Waals surface area contributed by atoms with E-state index in [1.165, 1.54) is 11.0 Å². The van der Waals surface area contributed by atoms with E-state index in [9.17, 15) is 9.18 Å². The first-order chi connectivity index (χ1) is 13.1. The van der Waals surface area contributed by atoms with Crippen LogP contribution < -0.4 is 10.2 Å². The Balaban J connectivity index is 1.61. The molecule has 1 aromatic heterocycles. The Kier molecular flexibility index (Phi) is 4.54. The maximum Gasteiger partial charge on any atom is 0.227 e. The van der Waals surface area contributed by atoms with Crippen LogP contribution in [0.25, 0.3) is 11.3 Å². The fourth-order valence-electron chi connectivity index (χ4n) is 3.23. The number of carbonyl (C=O) groups is 1. The molecule has 1 aliphatic heterocycles. The van der Waals surface area contributed by atoms with E-state index < -0.39 is 5.82 Å². The summed E-state index contributed by atoms with van der Waals surface area (Å²) in [6, 6.07) is 13.1. The Morgan fingerprint density at radius 2 is 1.96 bits per heavy atom. The number of carbonyl (C=O) groups excluding carboxylic acids is 1. The molecule has 136 valence electrons. The minimum atomic E-state index is -0.412. The predicted octanol–water partition coefficient (Wildman–Crippen LogP) is 3.80. The third kappa shape index (κ3) is 3.51. The number of anilines is 2. The van der Waals surface area contributed by atoms with E-state index in [-0.39, 0.29) is 5.91 Å². The quantitative estimate of drug-likeness (QED) is 0.767. The summed E-state index contributed by atoms with van der Waals surface area (Å²) in [5, 5.41) is 3.22. The summed E-state index contributed by atoms with van der Waals surface area (Å²) in [5.74, 6) is 0.173. The molecule has 0 fully saturated rings. The molecule has 1 N–H and O–H groups in total. The van der Waals surface area contributed by atoms with Crippen LogP contribution in [0.1, 0.15) is 17.5 Å². The van der Waals surface area contributed by atoms with Crippen molar-refractivity contribution in [3.05, 3.63) is 71.8 Å². The minimum absolute atomic E-state index is 0.00144. The number of aromatic nitrogens is 2. The first-order valence-electron chi connectivity index (χ1n) is 8.81. The molecular formula is C21H19FN4O. The first-order valence-corrected chi connectivity index (χ1v) is 8.81. The fraction of sp³-hybridized carbons (Fsp3) is 0.190. The molecule has 4 rings (SSSR count). The number of nitrogens with one attached hydrogen (secondary N) is 1. The lowest BCUT2D eigenvalue weighted by atomic mass is 9.97. The normalized spacial score (nSPS) is 13.4. The second-order valence-electron chi connectivity index (χ2n) is 6.54. The molecule has 2 aromatic carbocycles. The lowest BCUT2D eigenvalue weighted by molar-refractivity contribution is -0.118. The fourth-order valence-corrected chi connectivity index (χ4v) is 3.23. The number of aryl methyl sites for hydroxylation is 1. The van der Waals surface area contributed by atoms with Crippen molar-refractivity contribution in [2.75, 3.05) is 17.3 Å². The molecule has 1 aliphatic rings. The van der Waals surface area contributed by atoms with E-state index in [0.29, 0.717) is 42.1 Å². The monoisotopic (exact) mass is 362 g/mol. The topological polar surface area (TPSA) is 58.1 Å². The number of halogens is 1. The lowest BCUT2D eigenvalue weighted by Gasteiger charge is -2.26. The van der Waals surface area contributed by atoms with Gasteiger partial charge >= 0.3 is 0 Å². The summed E-state index contributed by atoms with van der Waals surface area (Å²) in [4.78, 5) is 22.0. The van der Waals surface area contributed by atoms with E-state index in [4.69, 9.17) is 0 Å². The van der Waals surface area contributed by atoms with Gasteiger partial charge in [-0.25, -0.2) is 9.37 Å². The van der Waals surface area contributed by atoms with Gasteiger partial charge in [-0.3, -0.25) is 9.78 Å². The molecule has 5 nitrogen and oxygen atoms in total. The minimum Gasteiger partial charge on any atom is -0.365 e. The summed E-state index contributed by atoms with van der Waals surface area (Å²) < 4.78 is 14.7. The summed E-state index contributed by atoms with van der Waals surface area (Å²) in [6.45, 7) is 0.610. The Morgan fingerprint density at radius 1 is 1.15 bits per heavy atom. The largest absolute Gasteiger partial charge is 0.365 e. The summed E-state index contributed by atoms with van der Waals surface area (Å²) in [5.41, 5.74) is 3.55. The van der Waals surface area contributed by atoms with Gasteiger partial charge in [0.25, 0.3) is 0 Å². The van der Waals surface area contributed by atoms with Gasteiger partial charge in [0.2, 0.25) is 5.91 Å². The van der Waals surface area contributed by atoms with Gasteiger partial charge in [-0.1, -0.05) is 30.3 Å². The van der Waals surface area contributed by atoms with Gasteiger partial charge in [0, 0.05) is 31.3 Å². The molecule has 27 heavy (non-hydrogen) atoms. The second-order valence-corrected chi connectivity index (χ2v) is 6.54. The first kappa shape index (κ1) is 17.1. The second kappa shape index (κ2) is 7.15. The number of rotatable bonds is 4. The molecule has 0 aliphatic carbocycles. The molecule has 0 radical (unpaired) electrons. The molecule has 0 bridgehead atoms. The van der Waals surface area contributed by atoms with Gasteiger partial charge < -0.3 is 10.2 Å². The van der Waals surface area contributed by atoms with Gasteiger partial charge in [-0.05, 0) is 29.7 Å². The van der Waals surface area contributed by atoms with Gasteiger partial charge in [-0.2, -0.15) is 0 Å². The van der Waals surface area contributed by atoms with E-state index in [1.807, 2.05) is 30.3 Å². The number of amides is 1. The highest BCUT2D eigenvalue weighted by Crippen LogP contribution is 2.33. The maximum atomic E-state index is 14.7. The van der Waals surface area contributed by atoms with Crippen molar-refractivity contribution in [2.24, 2.45) is 0 Å². The maximum absolute atomic E-state index is 14.7. The summed E-state index contributed by atoms with van der Waals surface area (Å²) >= 11 is 0. The molecule has 0 unspecified atom stereocenters. The van der Waals surface area contributed by atoms with Crippen LogP contribution in [-0.4, -0.2) is 22.9 Å². The van der Waals surface area contributed by atoms with Crippen LogP contribution in [0.15, 0.2) is 54.9 Å². The van der Waals surface area contributed by atoms with Crippen LogP contribution in [0, 0.1) is 5.82 Å². The average Bonchev–Trinajstić information content (AvgIpc) is 2.70. The van der Waals surface area contributed by atoms with Crippen LogP contribution in [-0.2, 0) is 17.8 Å². The standard InChI is InChI=1S/C21H19FN4O/c1-26-19-10-17(22)16(9-15(19)7-8-21(26)27)18-12-23-13-20(25-18)24-11-14-5-3-2-4-6-14/h2-6,9-10,12-13H,7-8,11H2,1H3,(H,24,25). The molecule has 0 saturated heterocycles. The van der Waals surface area contributed by atoms with Crippen molar-refractivity contribution in [2.45, 2.75) is 19.4 Å². The van der Waals surface area contributed by atoms with E-state index in [1.54, 1.807) is 25.5 Å². The molecule has 1 amide bonds. The third-order valence-electron chi connectivity index (χ3n) is 4.74. The number of nitrogens with zero attached hydrogens (tertiary/aromatic N) is 3. The van der Waals surface area contributed by atoms with Crippen LogP contribution >= 0.6 is 0 Å². The molecule has 0 saturated carbocycles. The van der Waals surface area contributed by atoms with E-state index in [2.05, 4.69) is 15.3 Å². The predicted molar refractivity (Wildman–Crippen MR) is 103 cm³/mol. The zero-order valence-electron chi connectivity index (χ0n) is 14.9. The van der Waals surface area contributed by atoms with Crippen molar-refractivity contribution in [1.82, 2.24) is 9.97 Å². The van der Waals surface area contributed by atoms with Crippen LogP contribution in [0.5, 0.6) is 0 Å². The highest BCUT2D eigenvalue weighted by atomic mass is 19.1. The Bertz CT molecular complexity index is 991. The SMILES string of the molecule is CN1C(=O)CCc2cc(-c3cncc(NCc4ccccc4)n3)c(F)cc21. The zero-order chi connectivity index (χ0) is 18.8. The zero-order valence-corrected chi connectivity index (χ0v) is 14.9. The molecule has 6 heteroatoms. The Morgan fingerprint density at radius 3 is 2.78 bits per heavy atom. The van der Waals surface area contributed by atoms with E-state index >= 15 is 0 Å². The number of hydrogen-bond acceptors (Lipinski definition) is 4. The molecule has 0 spiro atoms. The third-order valence-corrected chi connectivity index (χ3v) is 4.74. The van der Waals surface area contributed by atoms with Gasteiger partial charge in [-0.15, -0.1) is 0 Å². The van der Waals surface area contributed by atoms with E-state index in [0.717, 1.165) is 11.1 Å². The molecule has 0 atom stereocenters. The summed E-state index contributed by atoms with van der Waals surface area (Å²) in [6.07, 6.45) is 4.20. The van der Waals surface area contributed by atoms with Gasteiger partial charge in [0.1, 0.15) is 11.6 Å². The Labute approximate surface area is 156 Å². The molecule has 2 heterocycles. The van der Waals surface area contributed by atoms with Gasteiger partial charge in [0.15, 0.2) is 0 Å². The number of hydrogen-bond donors (Lipinski definition) is 1. The van der Waals surface area contributed by atoms with Crippen molar-refractivity contribution < 1.29 is 9.18 Å². The number of benzene rings is 2.